The van der Waals surface area contributed by atoms with Crippen LogP contribution >= 0.6 is 0 Å². The van der Waals surface area contributed by atoms with E-state index in [9.17, 15) is 4.79 Å². The number of carbonyl (C=O) groups excluding carboxylic acids is 1. The van der Waals surface area contributed by atoms with Crippen LogP contribution in [0, 0.1) is 0 Å². The van der Waals surface area contributed by atoms with E-state index in [1.807, 2.05) is 60.8 Å². The molecule has 3 rings (SSSR count). The van der Waals surface area contributed by atoms with E-state index in [0.29, 0.717) is 6.61 Å². The number of hydrogen-bond donors (Lipinski definition) is 1. The first kappa shape index (κ1) is 18.2. The number of aromatic nitrogens is 1. The molecular weight excluding hydrogens is 324 g/mol. The van der Waals surface area contributed by atoms with Gasteiger partial charge in [0.1, 0.15) is 12.5 Å². The normalized spacial score (nSPS) is 12.4. The lowest BCUT2D eigenvalue weighted by molar-refractivity contribution is -0.144. The van der Waals surface area contributed by atoms with Gasteiger partial charge in [0.05, 0.1) is 0 Å². The second-order valence-electron chi connectivity index (χ2n) is 6.33. The molecular formula is C22H26N2O2. The molecule has 0 amide bonds. The van der Waals surface area contributed by atoms with Crippen LogP contribution in [0.2, 0.25) is 0 Å². The summed E-state index contributed by atoms with van der Waals surface area (Å²) in [6.07, 6.45) is 1.92. The molecule has 0 aliphatic rings. The van der Waals surface area contributed by atoms with Gasteiger partial charge in [0.15, 0.2) is 0 Å². The maximum atomic E-state index is 13.0. The third-order valence-corrected chi connectivity index (χ3v) is 4.85. The Morgan fingerprint density at radius 2 is 1.73 bits per heavy atom. The van der Waals surface area contributed by atoms with Gasteiger partial charge < -0.3 is 14.6 Å². The molecule has 26 heavy (non-hydrogen) atoms. The van der Waals surface area contributed by atoms with Crippen molar-refractivity contribution in [1.82, 2.24) is 9.88 Å². The standard InChI is InChI=1S/C22H26N2O2/c1-3-24(4-2)14-15-26-22(25)21(17-10-6-5-7-11-17)19-16-23-20-13-9-8-12-18(19)20/h5-13,16,21,23H,3-4,14-15H2,1-2H3. The monoisotopic (exact) mass is 350 g/mol. The van der Waals surface area contributed by atoms with E-state index < -0.39 is 5.92 Å². The van der Waals surface area contributed by atoms with Crippen LogP contribution < -0.4 is 0 Å². The topological polar surface area (TPSA) is 45.3 Å². The van der Waals surface area contributed by atoms with Crippen LogP contribution in [0.5, 0.6) is 0 Å². The molecule has 2 aromatic carbocycles. The number of para-hydroxylation sites is 1. The Morgan fingerprint density at radius 3 is 2.46 bits per heavy atom. The van der Waals surface area contributed by atoms with Gasteiger partial charge in [0, 0.05) is 23.6 Å². The third-order valence-electron chi connectivity index (χ3n) is 4.85. The summed E-state index contributed by atoms with van der Waals surface area (Å²) >= 11 is 0. The molecule has 0 aliphatic carbocycles. The maximum Gasteiger partial charge on any atom is 0.318 e. The molecule has 4 heteroatoms. The molecule has 3 aromatic rings. The minimum Gasteiger partial charge on any atom is -0.464 e. The Labute approximate surface area is 154 Å². The summed E-state index contributed by atoms with van der Waals surface area (Å²) in [6, 6.07) is 17.9. The van der Waals surface area contributed by atoms with Gasteiger partial charge in [-0.25, -0.2) is 0 Å². The first-order chi connectivity index (χ1) is 12.7. The summed E-state index contributed by atoms with van der Waals surface area (Å²) in [5, 5.41) is 1.06. The number of fused-ring (bicyclic) bond motifs is 1. The van der Waals surface area contributed by atoms with Crippen molar-refractivity contribution in [3.63, 3.8) is 0 Å². The van der Waals surface area contributed by atoms with Crippen molar-refractivity contribution >= 4 is 16.9 Å². The highest BCUT2D eigenvalue weighted by molar-refractivity contribution is 5.92. The molecule has 136 valence electrons. The largest absolute Gasteiger partial charge is 0.464 e. The minimum absolute atomic E-state index is 0.201. The summed E-state index contributed by atoms with van der Waals surface area (Å²) in [7, 11) is 0. The minimum atomic E-state index is -0.427. The van der Waals surface area contributed by atoms with Gasteiger partial charge in [-0.2, -0.15) is 0 Å². The molecule has 0 fully saturated rings. The van der Waals surface area contributed by atoms with Gasteiger partial charge >= 0.3 is 5.97 Å². The summed E-state index contributed by atoms with van der Waals surface area (Å²) in [4.78, 5) is 18.5. The van der Waals surface area contributed by atoms with Crippen molar-refractivity contribution in [3.8, 4) is 0 Å². The molecule has 1 heterocycles. The third kappa shape index (κ3) is 3.97. The van der Waals surface area contributed by atoms with E-state index in [0.717, 1.165) is 41.7 Å². The van der Waals surface area contributed by atoms with Crippen LogP contribution in [0.15, 0.2) is 60.8 Å². The highest BCUT2D eigenvalue weighted by atomic mass is 16.5. The lowest BCUT2D eigenvalue weighted by Crippen LogP contribution is -2.29. The Morgan fingerprint density at radius 1 is 1.04 bits per heavy atom. The maximum absolute atomic E-state index is 13.0. The zero-order valence-corrected chi connectivity index (χ0v) is 15.4. The molecule has 0 spiro atoms. The highest BCUT2D eigenvalue weighted by Gasteiger charge is 2.26. The fraction of sp³-hybridized carbons (Fsp3) is 0.318. The van der Waals surface area contributed by atoms with Crippen molar-refractivity contribution in [2.75, 3.05) is 26.2 Å². The molecule has 1 aromatic heterocycles. The van der Waals surface area contributed by atoms with Crippen LogP contribution in [0.4, 0.5) is 0 Å². The predicted molar refractivity (Wildman–Crippen MR) is 105 cm³/mol. The predicted octanol–water partition coefficient (Wildman–Crippen LogP) is 4.18. The number of nitrogens with zero attached hydrogens (tertiary/aromatic N) is 1. The zero-order chi connectivity index (χ0) is 18.4. The van der Waals surface area contributed by atoms with Crippen molar-refractivity contribution < 1.29 is 9.53 Å². The molecule has 4 nitrogen and oxygen atoms in total. The average Bonchev–Trinajstić information content (AvgIpc) is 3.10. The average molecular weight is 350 g/mol. The summed E-state index contributed by atoms with van der Waals surface area (Å²) in [5.41, 5.74) is 2.93. The van der Waals surface area contributed by atoms with E-state index in [4.69, 9.17) is 4.74 Å². The lowest BCUT2D eigenvalue weighted by Gasteiger charge is -2.20. The Hall–Kier alpha value is -2.59. The number of esters is 1. The first-order valence-electron chi connectivity index (χ1n) is 9.24. The van der Waals surface area contributed by atoms with Crippen LogP contribution in [-0.2, 0) is 9.53 Å². The number of aromatic amines is 1. The summed E-state index contributed by atoms with van der Waals surface area (Å²) in [6.45, 7) is 7.31. The van der Waals surface area contributed by atoms with Gasteiger partial charge in [-0.3, -0.25) is 4.79 Å². The summed E-state index contributed by atoms with van der Waals surface area (Å²) in [5.74, 6) is -0.628. The molecule has 0 saturated carbocycles. The van der Waals surface area contributed by atoms with Crippen LogP contribution in [-0.4, -0.2) is 42.1 Å². The smallest absolute Gasteiger partial charge is 0.318 e. The Kier molecular flexibility index (Phi) is 6.08. The quantitative estimate of drug-likeness (QED) is 0.620. The molecule has 0 radical (unpaired) electrons. The van der Waals surface area contributed by atoms with E-state index in [1.54, 1.807) is 0 Å². The van der Waals surface area contributed by atoms with Crippen molar-refractivity contribution in [1.29, 1.82) is 0 Å². The fourth-order valence-corrected chi connectivity index (χ4v) is 3.32. The zero-order valence-electron chi connectivity index (χ0n) is 15.4. The fourth-order valence-electron chi connectivity index (χ4n) is 3.32. The van der Waals surface area contributed by atoms with Gasteiger partial charge in [0.2, 0.25) is 0 Å². The van der Waals surface area contributed by atoms with Crippen LogP contribution in [0.1, 0.15) is 30.9 Å². The number of rotatable bonds is 8. The second kappa shape index (κ2) is 8.68. The number of hydrogen-bond acceptors (Lipinski definition) is 3. The van der Waals surface area contributed by atoms with Crippen molar-refractivity contribution in [2.24, 2.45) is 0 Å². The van der Waals surface area contributed by atoms with Crippen molar-refractivity contribution in [2.45, 2.75) is 19.8 Å². The van der Waals surface area contributed by atoms with Gasteiger partial charge in [-0.05, 0) is 30.3 Å². The van der Waals surface area contributed by atoms with Gasteiger partial charge in [-0.1, -0.05) is 62.4 Å². The molecule has 1 N–H and O–H groups in total. The van der Waals surface area contributed by atoms with Crippen LogP contribution in [0.3, 0.4) is 0 Å². The van der Waals surface area contributed by atoms with E-state index >= 15 is 0 Å². The molecule has 0 aliphatic heterocycles. The summed E-state index contributed by atoms with van der Waals surface area (Å²) < 4.78 is 5.67. The van der Waals surface area contributed by atoms with E-state index in [-0.39, 0.29) is 5.97 Å². The van der Waals surface area contributed by atoms with E-state index in [1.165, 1.54) is 0 Å². The van der Waals surface area contributed by atoms with Crippen molar-refractivity contribution in [3.05, 3.63) is 71.9 Å². The number of carbonyl (C=O) groups is 1. The SMILES string of the molecule is CCN(CC)CCOC(=O)C(c1ccccc1)c1c[nH]c2ccccc12. The molecule has 0 saturated heterocycles. The number of H-pyrrole nitrogens is 1. The van der Waals surface area contributed by atoms with Crippen LogP contribution in [0.25, 0.3) is 10.9 Å². The number of ether oxygens (including phenoxy) is 1. The second-order valence-corrected chi connectivity index (χ2v) is 6.33. The molecule has 1 unspecified atom stereocenters. The van der Waals surface area contributed by atoms with E-state index in [2.05, 4.69) is 23.7 Å². The number of likely N-dealkylation sites (N-methyl/N-ethyl adjacent to an activating group) is 1. The number of benzene rings is 2. The first-order valence-corrected chi connectivity index (χ1v) is 9.24. The Balaban J connectivity index is 1.86. The molecule has 0 bridgehead atoms. The molecule has 1 atom stereocenters. The number of nitrogens with one attached hydrogen (secondary N) is 1. The Bertz CT molecular complexity index is 837. The highest BCUT2D eigenvalue weighted by Crippen LogP contribution is 2.31. The van der Waals surface area contributed by atoms with Gasteiger partial charge in [0.25, 0.3) is 0 Å². The lowest BCUT2D eigenvalue weighted by atomic mass is 9.91. The van der Waals surface area contributed by atoms with Gasteiger partial charge in [-0.15, -0.1) is 0 Å².